The summed E-state index contributed by atoms with van der Waals surface area (Å²) in [6.45, 7) is 6.93. The smallest absolute Gasteiger partial charge is 0.260 e. The van der Waals surface area contributed by atoms with Crippen molar-refractivity contribution in [2.24, 2.45) is 5.41 Å². The predicted octanol–water partition coefficient (Wildman–Crippen LogP) is 3.25. The first-order valence-electron chi connectivity index (χ1n) is 13.1. The van der Waals surface area contributed by atoms with Crippen molar-refractivity contribution in [1.82, 2.24) is 9.97 Å². The molecule has 2 aromatic rings. The summed E-state index contributed by atoms with van der Waals surface area (Å²) < 4.78 is 0. The Morgan fingerprint density at radius 3 is 2.53 bits per heavy atom. The van der Waals surface area contributed by atoms with E-state index in [1.807, 2.05) is 26.0 Å². The monoisotopic (exact) mass is 494 g/mol. The minimum Gasteiger partial charge on any atom is -0.394 e. The Bertz CT molecular complexity index is 1090. The zero-order chi connectivity index (χ0) is 25.3. The number of carbonyl (C=O) groups excluding carboxylic acids is 1. The molecule has 9 heteroatoms. The quantitative estimate of drug-likeness (QED) is 0.464. The summed E-state index contributed by atoms with van der Waals surface area (Å²) >= 11 is 0. The second-order valence-corrected chi connectivity index (χ2v) is 11.3. The van der Waals surface area contributed by atoms with E-state index in [2.05, 4.69) is 25.4 Å². The van der Waals surface area contributed by atoms with Crippen molar-refractivity contribution in [3.05, 3.63) is 35.9 Å². The average molecular weight is 495 g/mol. The molecule has 0 unspecified atom stereocenters. The summed E-state index contributed by atoms with van der Waals surface area (Å²) in [5.74, 6) is 2.28. The third-order valence-electron chi connectivity index (χ3n) is 7.76. The van der Waals surface area contributed by atoms with Gasteiger partial charge in [-0.1, -0.05) is 6.07 Å². The molecule has 5 rings (SSSR count). The summed E-state index contributed by atoms with van der Waals surface area (Å²) in [5, 5.41) is 26.0. The molecule has 36 heavy (non-hydrogen) atoms. The minimum atomic E-state index is -0.527. The average Bonchev–Trinajstić information content (AvgIpc) is 3.63. The zero-order valence-electron chi connectivity index (χ0n) is 21.3. The van der Waals surface area contributed by atoms with Gasteiger partial charge < -0.3 is 30.6 Å². The minimum absolute atomic E-state index is 0.0332. The highest BCUT2D eigenvalue weighted by Gasteiger charge is 2.45. The van der Waals surface area contributed by atoms with Crippen LogP contribution in [-0.4, -0.2) is 70.5 Å². The van der Waals surface area contributed by atoms with Crippen LogP contribution in [0.15, 0.2) is 30.3 Å². The van der Waals surface area contributed by atoms with Crippen LogP contribution in [0.4, 0.5) is 23.3 Å². The van der Waals surface area contributed by atoms with E-state index in [-0.39, 0.29) is 18.6 Å². The first-order valence-corrected chi connectivity index (χ1v) is 13.1. The molecule has 2 saturated heterocycles. The van der Waals surface area contributed by atoms with Crippen LogP contribution in [0.25, 0.3) is 0 Å². The van der Waals surface area contributed by atoms with Crippen molar-refractivity contribution in [1.29, 1.82) is 0 Å². The lowest BCUT2D eigenvalue weighted by molar-refractivity contribution is 0.102. The van der Waals surface area contributed by atoms with E-state index in [4.69, 9.17) is 4.98 Å². The summed E-state index contributed by atoms with van der Waals surface area (Å²) in [6.07, 6.45) is 6.24. The highest BCUT2D eigenvalue weighted by Crippen LogP contribution is 2.54. The maximum Gasteiger partial charge on any atom is 0.260 e. The Balaban J connectivity index is 1.37. The topological polar surface area (TPSA) is 114 Å². The van der Waals surface area contributed by atoms with Gasteiger partial charge >= 0.3 is 0 Å². The van der Waals surface area contributed by atoms with Crippen LogP contribution < -0.4 is 20.4 Å². The number of nitrogens with one attached hydrogen (secondary N) is 2. The number of β-amino-alcohol motifs (C(OH)–C–C–N with tert-alkyl or cyclic N) is 1. The molecule has 1 aliphatic carbocycles. The number of pyridine rings is 2. The Hall–Kier alpha value is -2.91. The van der Waals surface area contributed by atoms with Gasteiger partial charge in [-0.3, -0.25) is 4.79 Å². The maximum atomic E-state index is 13.5. The number of aromatic nitrogens is 2. The van der Waals surface area contributed by atoms with Crippen molar-refractivity contribution in [3.8, 4) is 0 Å². The van der Waals surface area contributed by atoms with Crippen molar-refractivity contribution >= 4 is 29.2 Å². The Morgan fingerprint density at radius 1 is 1.06 bits per heavy atom. The van der Waals surface area contributed by atoms with E-state index >= 15 is 0 Å². The first-order chi connectivity index (χ1) is 17.3. The van der Waals surface area contributed by atoms with Crippen molar-refractivity contribution in [2.75, 3.05) is 53.2 Å². The van der Waals surface area contributed by atoms with Crippen molar-refractivity contribution in [3.63, 3.8) is 0 Å². The summed E-state index contributed by atoms with van der Waals surface area (Å²) in [5.41, 5.74) is 0.496. The number of aliphatic hydroxyl groups excluding tert-OH is 2. The molecule has 2 aliphatic heterocycles. The van der Waals surface area contributed by atoms with Crippen LogP contribution in [0.5, 0.6) is 0 Å². The fourth-order valence-electron chi connectivity index (χ4n) is 5.21. The molecule has 1 atom stereocenters. The van der Waals surface area contributed by atoms with Gasteiger partial charge in [0.15, 0.2) is 0 Å². The number of rotatable bonds is 7. The highest BCUT2D eigenvalue weighted by atomic mass is 16.3. The number of hydrogen-bond donors (Lipinski definition) is 4. The van der Waals surface area contributed by atoms with E-state index in [1.54, 1.807) is 18.2 Å². The molecule has 1 spiro atoms. The van der Waals surface area contributed by atoms with Gasteiger partial charge in [0.05, 0.1) is 23.8 Å². The number of anilines is 4. The number of nitrogens with zero attached hydrogens (tertiary/aromatic N) is 4. The van der Waals surface area contributed by atoms with Gasteiger partial charge in [0.2, 0.25) is 0 Å². The predicted molar refractivity (Wildman–Crippen MR) is 142 cm³/mol. The van der Waals surface area contributed by atoms with Gasteiger partial charge in [0, 0.05) is 26.2 Å². The maximum absolute atomic E-state index is 13.5. The second-order valence-electron chi connectivity index (χ2n) is 11.3. The normalized spacial score (nSPS) is 21.4. The standard InChI is InChI=1S/C27H38N6O3/c1-26(2,18-34)31-22-9-8-20(24(29-22)32-15-12-27(10-11-27)13-16-32)25(36)30-21-6-3-7-23(28-21)33-14-4-5-19(35)17-33/h3,6-9,19,34-35H,4-5,10-18H2,1-2H3,(H,29,31)(H,28,30,36)/t19-/m1/s1. The number of carbonyl (C=O) groups is 1. The molecule has 1 amide bonds. The molecule has 0 bridgehead atoms. The fourth-order valence-corrected chi connectivity index (χ4v) is 5.21. The lowest BCUT2D eigenvalue weighted by atomic mass is 9.93. The third-order valence-corrected chi connectivity index (χ3v) is 7.76. The molecule has 4 N–H and O–H groups in total. The first kappa shape index (κ1) is 24.8. The number of piperidine rings is 2. The largest absolute Gasteiger partial charge is 0.394 e. The molecule has 3 aliphatic rings. The van der Waals surface area contributed by atoms with Crippen LogP contribution in [0, 0.1) is 5.41 Å². The lowest BCUT2D eigenvalue weighted by Crippen LogP contribution is -2.38. The van der Waals surface area contributed by atoms with Crippen LogP contribution in [0.3, 0.4) is 0 Å². The molecule has 194 valence electrons. The number of aliphatic hydroxyl groups is 2. The Kier molecular flexibility index (Phi) is 6.78. The number of hydrogen-bond acceptors (Lipinski definition) is 8. The van der Waals surface area contributed by atoms with Gasteiger partial charge in [-0.2, -0.15) is 0 Å². The van der Waals surface area contributed by atoms with Crippen LogP contribution in [-0.2, 0) is 0 Å². The number of amides is 1. The van der Waals surface area contributed by atoms with Crippen LogP contribution >= 0.6 is 0 Å². The molecule has 0 radical (unpaired) electrons. The van der Waals surface area contributed by atoms with E-state index < -0.39 is 5.54 Å². The van der Waals surface area contributed by atoms with E-state index in [9.17, 15) is 15.0 Å². The third kappa shape index (κ3) is 5.57. The molecule has 1 saturated carbocycles. The highest BCUT2D eigenvalue weighted by molar-refractivity contribution is 6.07. The Morgan fingerprint density at radius 2 is 1.83 bits per heavy atom. The van der Waals surface area contributed by atoms with Crippen molar-refractivity contribution < 1.29 is 15.0 Å². The second kappa shape index (κ2) is 9.86. The zero-order valence-corrected chi connectivity index (χ0v) is 21.3. The summed E-state index contributed by atoms with van der Waals surface area (Å²) in [7, 11) is 0. The molecule has 2 aromatic heterocycles. The van der Waals surface area contributed by atoms with Gasteiger partial charge in [0.25, 0.3) is 5.91 Å². The van der Waals surface area contributed by atoms with Crippen LogP contribution in [0.2, 0.25) is 0 Å². The molecular formula is C27H38N6O3. The molecule has 3 fully saturated rings. The molecule has 9 nitrogen and oxygen atoms in total. The van der Waals surface area contributed by atoms with Crippen LogP contribution in [0.1, 0.15) is 62.7 Å². The molecule has 0 aromatic carbocycles. The summed E-state index contributed by atoms with van der Waals surface area (Å²) in [4.78, 5) is 27.2. The van der Waals surface area contributed by atoms with Crippen molar-refractivity contribution in [2.45, 2.75) is 64.0 Å². The fraction of sp³-hybridized carbons (Fsp3) is 0.593. The molecular weight excluding hydrogens is 456 g/mol. The summed E-state index contributed by atoms with van der Waals surface area (Å²) in [6, 6.07) is 9.17. The van der Waals surface area contributed by atoms with Gasteiger partial charge in [-0.05, 0) is 82.1 Å². The SMILES string of the molecule is CC(C)(CO)Nc1ccc(C(=O)Nc2cccc(N3CCC[C@@H](O)C3)n2)c(N2CCC3(CC2)CC3)n1. The molecule has 4 heterocycles. The lowest BCUT2D eigenvalue weighted by Gasteiger charge is -2.34. The van der Waals surface area contributed by atoms with E-state index in [0.717, 1.165) is 51.1 Å². The van der Waals surface area contributed by atoms with Gasteiger partial charge in [-0.15, -0.1) is 0 Å². The van der Waals surface area contributed by atoms with E-state index in [0.29, 0.717) is 35.0 Å². The van der Waals surface area contributed by atoms with E-state index in [1.165, 1.54) is 12.8 Å². The van der Waals surface area contributed by atoms with Gasteiger partial charge in [-0.25, -0.2) is 9.97 Å². The van der Waals surface area contributed by atoms with Gasteiger partial charge in [0.1, 0.15) is 23.3 Å². The Labute approximate surface area is 212 Å².